The summed E-state index contributed by atoms with van der Waals surface area (Å²) in [5.74, 6) is -1.19. The quantitative estimate of drug-likeness (QED) is 0.0195. The second kappa shape index (κ2) is 66.6. The highest BCUT2D eigenvalue weighted by molar-refractivity contribution is 5.80. The Morgan fingerprint density at radius 1 is 0.440 bits per heavy atom. The molecule has 8 atom stereocenters. The zero-order valence-electron chi connectivity index (χ0n) is 58.7. The SMILES string of the molecule is CC/C=C\C/C=C\C/C=C\C/C=C\C/C=C\CCCCCCCCCCCCCC(=O)OC1C(OCC(NC(=O)C(O)CCCCCCCCCCCCCCCC/C=C\C/C=C\CCCCC)C(O)/C=C/CCCCCCCCCCC)OC(CO)C(O)C1O. The van der Waals surface area contributed by atoms with Crippen LogP contribution in [0.2, 0.25) is 0 Å². The molecule has 0 aliphatic carbocycles. The van der Waals surface area contributed by atoms with Crippen molar-refractivity contribution in [3.8, 4) is 0 Å². The number of ether oxygens (including phenoxy) is 3. The van der Waals surface area contributed by atoms with Gasteiger partial charge in [-0.3, -0.25) is 9.59 Å². The van der Waals surface area contributed by atoms with E-state index in [1.165, 1.54) is 186 Å². The number of nitrogens with one attached hydrogen (secondary N) is 1. The lowest BCUT2D eigenvalue weighted by atomic mass is 9.99. The monoisotopic (exact) mass is 1280 g/mol. The third-order valence-corrected chi connectivity index (χ3v) is 17.5. The average molecular weight is 1280 g/mol. The highest BCUT2D eigenvalue weighted by Crippen LogP contribution is 2.26. The standard InChI is InChI=1S/C80H141NO10/c1-4-7-10-13-16-19-22-24-26-28-30-32-34-36-37-38-40-42-44-46-48-50-53-56-59-62-65-68-75(85)91-78-77(87)76(86)74(69-82)90-80(78)89-70-71(72(83)66-63-60-57-54-51-21-18-15-12-9-6-3)81-79(88)73(84)67-64-61-58-55-52-49-47-45-43-41-39-35-33-31-29-27-25-23-20-17-14-11-8-5-2/h7,10,16-17,19-20,24-27,30,32,36-37,63,66,71-74,76-78,80,82-84,86-87H,4-6,8-9,11-15,18,21-23,28-29,31,33-35,38-62,64-65,67-70H2,1-3H3,(H,81,88)/b10-7-,19-16-,20-17-,26-24-,27-25-,32-30-,37-36-,66-63+. The molecule has 91 heavy (non-hydrogen) atoms. The Morgan fingerprint density at radius 2 is 0.791 bits per heavy atom. The first-order valence-electron chi connectivity index (χ1n) is 38.0. The van der Waals surface area contributed by atoms with Gasteiger partial charge in [-0.25, -0.2) is 0 Å². The van der Waals surface area contributed by atoms with Crippen molar-refractivity contribution in [2.24, 2.45) is 0 Å². The molecule has 11 heteroatoms. The lowest BCUT2D eigenvalue weighted by molar-refractivity contribution is -0.305. The maximum Gasteiger partial charge on any atom is 0.306 e. The van der Waals surface area contributed by atoms with E-state index in [2.05, 4.69) is 111 Å². The van der Waals surface area contributed by atoms with E-state index in [0.717, 1.165) is 103 Å². The Morgan fingerprint density at radius 3 is 1.21 bits per heavy atom. The van der Waals surface area contributed by atoms with Gasteiger partial charge in [0, 0.05) is 6.42 Å². The van der Waals surface area contributed by atoms with Crippen molar-refractivity contribution in [2.75, 3.05) is 13.2 Å². The fraction of sp³-hybridized carbons (Fsp3) is 0.775. The molecule has 11 nitrogen and oxygen atoms in total. The van der Waals surface area contributed by atoms with Gasteiger partial charge >= 0.3 is 5.97 Å². The van der Waals surface area contributed by atoms with Crippen LogP contribution >= 0.6 is 0 Å². The summed E-state index contributed by atoms with van der Waals surface area (Å²) in [6, 6.07) is -1.03. The number of hydrogen-bond donors (Lipinski definition) is 6. The molecular formula is C80H141NO10. The molecule has 0 spiro atoms. The van der Waals surface area contributed by atoms with E-state index in [1.54, 1.807) is 6.08 Å². The van der Waals surface area contributed by atoms with E-state index in [1.807, 2.05) is 6.08 Å². The molecule has 1 rings (SSSR count). The molecule has 8 unspecified atom stereocenters. The number of rotatable bonds is 65. The molecule has 0 radical (unpaired) electrons. The van der Waals surface area contributed by atoms with Crippen LogP contribution in [-0.4, -0.2) is 99.6 Å². The molecule has 0 aromatic rings. The number of carbonyl (C=O) groups excluding carboxylic acids is 2. The van der Waals surface area contributed by atoms with Crippen molar-refractivity contribution in [3.05, 3.63) is 97.2 Å². The van der Waals surface area contributed by atoms with Gasteiger partial charge in [0.2, 0.25) is 5.91 Å². The zero-order chi connectivity index (χ0) is 66.0. The first kappa shape index (κ1) is 85.6. The molecule has 6 N–H and O–H groups in total. The van der Waals surface area contributed by atoms with Gasteiger partial charge in [-0.05, 0) is 103 Å². The number of hydrogen-bond acceptors (Lipinski definition) is 10. The fourth-order valence-electron chi connectivity index (χ4n) is 11.5. The molecule has 1 heterocycles. The fourth-order valence-corrected chi connectivity index (χ4v) is 11.5. The van der Waals surface area contributed by atoms with Crippen LogP contribution in [0.4, 0.5) is 0 Å². The van der Waals surface area contributed by atoms with E-state index >= 15 is 0 Å². The van der Waals surface area contributed by atoms with Crippen molar-refractivity contribution in [1.82, 2.24) is 5.32 Å². The molecule has 1 aliphatic rings. The third kappa shape index (κ3) is 53.5. The summed E-state index contributed by atoms with van der Waals surface area (Å²) >= 11 is 0. The Labute approximate surface area is 558 Å². The predicted octanol–water partition coefficient (Wildman–Crippen LogP) is 20.2. The van der Waals surface area contributed by atoms with Crippen molar-refractivity contribution >= 4 is 11.9 Å². The normalized spacial score (nSPS) is 18.5. The van der Waals surface area contributed by atoms with Crippen molar-refractivity contribution in [2.45, 2.75) is 384 Å². The Hall–Kier alpha value is -3.42. The molecule has 526 valence electrons. The smallest absolute Gasteiger partial charge is 0.306 e. The van der Waals surface area contributed by atoms with Crippen LogP contribution in [0.25, 0.3) is 0 Å². The predicted molar refractivity (Wildman–Crippen MR) is 384 cm³/mol. The topological polar surface area (TPSA) is 175 Å². The highest BCUT2D eigenvalue weighted by Gasteiger charge is 2.47. The van der Waals surface area contributed by atoms with Crippen LogP contribution in [-0.2, 0) is 23.8 Å². The number of aliphatic hydroxyl groups excluding tert-OH is 5. The second-order valence-corrected chi connectivity index (χ2v) is 26.0. The lowest BCUT2D eigenvalue weighted by Gasteiger charge is -2.41. The van der Waals surface area contributed by atoms with Crippen molar-refractivity contribution in [3.63, 3.8) is 0 Å². The number of esters is 1. The molecule has 0 aromatic carbocycles. The largest absolute Gasteiger partial charge is 0.454 e. The van der Waals surface area contributed by atoms with Crippen LogP contribution in [0.5, 0.6) is 0 Å². The van der Waals surface area contributed by atoms with Gasteiger partial charge in [-0.2, -0.15) is 0 Å². The van der Waals surface area contributed by atoms with Gasteiger partial charge < -0.3 is 45.1 Å². The van der Waals surface area contributed by atoms with Crippen molar-refractivity contribution in [1.29, 1.82) is 0 Å². The van der Waals surface area contributed by atoms with Gasteiger partial charge in [0.05, 0.1) is 25.4 Å². The summed E-state index contributed by atoms with van der Waals surface area (Å²) in [7, 11) is 0. The molecular weight excluding hydrogens is 1130 g/mol. The Kier molecular flexibility index (Phi) is 62.6. The first-order valence-corrected chi connectivity index (χ1v) is 38.0. The van der Waals surface area contributed by atoms with Gasteiger partial charge in [0.1, 0.15) is 24.4 Å². The number of aliphatic hydroxyl groups is 5. The molecule has 0 saturated carbocycles. The van der Waals surface area contributed by atoms with Crippen LogP contribution in [0.15, 0.2) is 97.2 Å². The number of unbranched alkanes of at least 4 members (excludes halogenated alkanes) is 37. The number of allylic oxidation sites excluding steroid dienone is 15. The first-order chi connectivity index (χ1) is 44.7. The maximum absolute atomic E-state index is 13.5. The molecule has 0 bridgehead atoms. The summed E-state index contributed by atoms with van der Waals surface area (Å²) in [4.78, 5) is 26.7. The van der Waals surface area contributed by atoms with E-state index in [0.29, 0.717) is 12.8 Å². The lowest BCUT2D eigenvalue weighted by Crippen LogP contribution is -2.61. The summed E-state index contributed by atoms with van der Waals surface area (Å²) in [6.07, 6.45) is 80.2. The van der Waals surface area contributed by atoms with E-state index in [9.17, 15) is 35.1 Å². The van der Waals surface area contributed by atoms with Crippen LogP contribution < -0.4 is 5.32 Å². The van der Waals surface area contributed by atoms with Crippen molar-refractivity contribution < 1.29 is 49.3 Å². The summed E-state index contributed by atoms with van der Waals surface area (Å²) in [6.45, 7) is 5.68. The Balaban J connectivity index is 2.50. The van der Waals surface area contributed by atoms with E-state index < -0.39 is 67.4 Å². The average Bonchev–Trinajstić information content (AvgIpc) is 1.14. The maximum atomic E-state index is 13.5. The molecule has 1 aliphatic heterocycles. The molecule has 1 fully saturated rings. The minimum atomic E-state index is -1.62. The molecule has 1 amide bonds. The van der Waals surface area contributed by atoms with E-state index in [4.69, 9.17) is 14.2 Å². The third-order valence-electron chi connectivity index (χ3n) is 17.5. The second-order valence-electron chi connectivity index (χ2n) is 26.0. The number of carbonyl (C=O) groups is 2. The van der Waals surface area contributed by atoms with Crippen LogP contribution in [0, 0.1) is 0 Å². The highest BCUT2D eigenvalue weighted by atomic mass is 16.7. The minimum Gasteiger partial charge on any atom is -0.454 e. The van der Waals surface area contributed by atoms with Gasteiger partial charge in [-0.15, -0.1) is 0 Å². The number of amides is 1. The van der Waals surface area contributed by atoms with Gasteiger partial charge in [0.25, 0.3) is 0 Å². The molecule has 1 saturated heterocycles. The summed E-state index contributed by atoms with van der Waals surface area (Å²) < 4.78 is 17.7. The van der Waals surface area contributed by atoms with Gasteiger partial charge in [-0.1, -0.05) is 323 Å². The Bertz CT molecular complexity index is 1860. The van der Waals surface area contributed by atoms with E-state index in [-0.39, 0.29) is 19.4 Å². The zero-order valence-corrected chi connectivity index (χ0v) is 58.7. The van der Waals surface area contributed by atoms with Crippen LogP contribution in [0.1, 0.15) is 335 Å². The van der Waals surface area contributed by atoms with Crippen LogP contribution in [0.3, 0.4) is 0 Å². The molecule has 0 aromatic heterocycles. The van der Waals surface area contributed by atoms with Gasteiger partial charge in [0.15, 0.2) is 12.4 Å². The minimum absolute atomic E-state index is 0.117. The summed E-state index contributed by atoms with van der Waals surface area (Å²) in [5, 5.41) is 57.3. The summed E-state index contributed by atoms with van der Waals surface area (Å²) in [5.41, 5.74) is 0.